The summed E-state index contributed by atoms with van der Waals surface area (Å²) >= 11 is 0. The molecule has 0 aliphatic rings. The van der Waals surface area contributed by atoms with Gasteiger partial charge in [0, 0.05) is 5.56 Å². The largest absolute Gasteiger partial charge is 0.477 e. The van der Waals surface area contributed by atoms with E-state index in [9.17, 15) is 13.6 Å². The summed E-state index contributed by atoms with van der Waals surface area (Å²) in [5, 5.41) is 8.63. The van der Waals surface area contributed by atoms with Crippen molar-refractivity contribution in [2.45, 2.75) is 6.92 Å². The quantitative estimate of drug-likeness (QED) is 0.661. The van der Waals surface area contributed by atoms with E-state index in [0.717, 1.165) is 18.5 Å². The topological polar surface area (TPSA) is 62.0 Å². The first-order valence-electron chi connectivity index (χ1n) is 4.88. The number of rotatable bonds is 4. The maximum Gasteiger partial charge on any atom is 0.341 e. The van der Waals surface area contributed by atoms with Crippen LogP contribution in [0.1, 0.15) is 22.8 Å². The van der Waals surface area contributed by atoms with Gasteiger partial charge in [-0.05, 0) is 25.8 Å². The smallest absolute Gasteiger partial charge is 0.341 e. The van der Waals surface area contributed by atoms with Gasteiger partial charge in [-0.15, -0.1) is 0 Å². The minimum Gasteiger partial charge on any atom is -0.477 e. The van der Waals surface area contributed by atoms with Gasteiger partial charge in [0.05, 0.1) is 5.70 Å². The zero-order chi connectivity index (χ0) is 13.7. The van der Waals surface area contributed by atoms with Crippen LogP contribution in [0.25, 0.3) is 5.70 Å². The molecule has 0 fully saturated rings. The Balaban J connectivity index is 3.33. The first-order valence-corrected chi connectivity index (χ1v) is 4.88. The van der Waals surface area contributed by atoms with Crippen LogP contribution in [0.4, 0.5) is 8.78 Å². The Morgan fingerprint density at radius 1 is 1.39 bits per heavy atom. The number of carbonyl (C=O) groups is 1. The van der Waals surface area contributed by atoms with Crippen LogP contribution >= 0.6 is 0 Å². The van der Waals surface area contributed by atoms with Crippen LogP contribution in [-0.4, -0.2) is 24.1 Å². The zero-order valence-electron chi connectivity index (χ0n) is 9.52. The molecule has 0 amide bonds. The summed E-state index contributed by atoms with van der Waals surface area (Å²) in [6.07, 6.45) is 2.63. The van der Waals surface area contributed by atoms with E-state index in [0.29, 0.717) is 0 Å². The van der Waals surface area contributed by atoms with E-state index in [-0.39, 0.29) is 11.3 Å². The van der Waals surface area contributed by atoms with Crippen molar-refractivity contribution < 1.29 is 18.7 Å². The van der Waals surface area contributed by atoms with Crippen LogP contribution < -0.4 is 0 Å². The van der Waals surface area contributed by atoms with E-state index in [2.05, 4.69) is 16.7 Å². The molecule has 0 saturated heterocycles. The molecule has 0 aromatic heterocycles. The van der Waals surface area contributed by atoms with Gasteiger partial charge < -0.3 is 5.11 Å². The van der Waals surface area contributed by atoms with Crippen LogP contribution in [0.2, 0.25) is 0 Å². The van der Waals surface area contributed by atoms with Gasteiger partial charge in [-0.3, -0.25) is 4.99 Å². The van der Waals surface area contributed by atoms with Gasteiger partial charge in [0.2, 0.25) is 0 Å². The van der Waals surface area contributed by atoms with E-state index in [1.165, 1.54) is 6.08 Å². The molecule has 0 spiro atoms. The highest BCUT2D eigenvalue weighted by atomic mass is 19.1. The molecule has 0 bridgehead atoms. The number of benzene rings is 1. The fraction of sp³-hybridized carbons (Fsp3) is 0.0833. The normalized spacial score (nSPS) is 11.8. The highest BCUT2D eigenvalue weighted by Gasteiger charge is 2.18. The predicted octanol–water partition coefficient (Wildman–Crippen LogP) is 2.75. The molecule has 0 unspecified atom stereocenters. The van der Waals surface area contributed by atoms with Gasteiger partial charge >= 0.3 is 5.97 Å². The van der Waals surface area contributed by atoms with Crippen molar-refractivity contribution in [2.24, 2.45) is 9.98 Å². The van der Waals surface area contributed by atoms with E-state index in [1.54, 1.807) is 6.92 Å². The van der Waals surface area contributed by atoms with Gasteiger partial charge in [-0.1, -0.05) is 6.08 Å². The lowest BCUT2D eigenvalue weighted by molar-refractivity contribution is 0.0686. The second-order valence-corrected chi connectivity index (χ2v) is 3.22. The first-order chi connectivity index (χ1) is 8.51. The monoisotopic (exact) mass is 252 g/mol. The van der Waals surface area contributed by atoms with Gasteiger partial charge in [0.25, 0.3) is 0 Å². The van der Waals surface area contributed by atoms with E-state index in [1.807, 2.05) is 0 Å². The van der Waals surface area contributed by atoms with Gasteiger partial charge in [-0.2, -0.15) is 0 Å². The molecule has 0 atom stereocenters. The minimum absolute atomic E-state index is 0.123. The second kappa shape index (κ2) is 5.81. The van der Waals surface area contributed by atoms with Gasteiger partial charge in [0.1, 0.15) is 23.5 Å². The molecule has 0 heterocycles. The van der Waals surface area contributed by atoms with Crippen molar-refractivity contribution in [1.29, 1.82) is 0 Å². The maximum absolute atomic E-state index is 13.4. The van der Waals surface area contributed by atoms with E-state index < -0.39 is 23.2 Å². The Morgan fingerprint density at radius 3 is 2.33 bits per heavy atom. The second-order valence-electron chi connectivity index (χ2n) is 3.22. The first kappa shape index (κ1) is 13.7. The molecule has 0 aliphatic carbocycles. The SMILES string of the molecule is C=NC=N/C(=C\C)c1cc(F)c(C(=O)O)c(F)c1. The molecule has 18 heavy (non-hydrogen) atoms. The lowest BCUT2D eigenvalue weighted by Gasteiger charge is -2.05. The average molecular weight is 252 g/mol. The highest BCUT2D eigenvalue weighted by molar-refractivity contribution is 5.89. The summed E-state index contributed by atoms with van der Waals surface area (Å²) in [6.45, 7) is 4.80. The Labute approximate surface area is 102 Å². The van der Waals surface area contributed by atoms with Crippen molar-refractivity contribution in [1.82, 2.24) is 0 Å². The molecule has 4 nitrogen and oxygen atoms in total. The lowest BCUT2D eigenvalue weighted by atomic mass is 10.1. The fourth-order valence-electron chi connectivity index (χ4n) is 1.34. The van der Waals surface area contributed by atoms with E-state index in [4.69, 9.17) is 5.11 Å². The molecule has 1 aromatic rings. The number of hydrogen-bond donors (Lipinski definition) is 1. The third-order valence-corrected chi connectivity index (χ3v) is 2.10. The molecule has 0 radical (unpaired) electrons. The van der Waals surface area contributed by atoms with Crippen LogP contribution in [0.15, 0.2) is 28.2 Å². The summed E-state index contributed by atoms with van der Waals surface area (Å²) in [5.74, 6) is -3.97. The Kier molecular flexibility index (Phi) is 4.42. The van der Waals surface area contributed by atoms with Crippen molar-refractivity contribution in [3.8, 4) is 0 Å². The molecular formula is C12H10F2N2O2. The molecular weight excluding hydrogens is 242 g/mol. The van der Waals surface area contributed by atoms with Crippen LogP contribution in [0.5, 0.6) is 0 Å². The Morgan fingerprint density at radius 2 is 1.94 bits per heavy atom. The summed E-state index contributed by atoms with van der Waals surface area (Å²) < 4.78 is 26.9. The van der Waals surface area contributed by atoms with Crippen molar-refractivity contribution in [3.05, 3.63) is 41.0 Å². The molecule has 0 aliphatic heterocycles. The number of aromatic carboxylic acids is 1. The molecule has 0 saturated carbocycles. The van der Waals surface area contributed by atoms with Gasteiger partial charge in [-0.25, -0.2) is 18.6 Å². The van der Waals surface area contributed by atoms with Crippen LogP contribution in [0, 0.1) is 11.6 Å². The maximum atomic E-state index is 13.4. The fourth-order valence-corrected chi connectivity index (χ4v) is 1.34. The number of aliphatic imine (C=N–C) groups is 2. The molecule has 94 valence electrons. The van der Waals surface area contributed by atoms with Crippen LogP contribution in [0.3, 0.4) is 0 Å². The number of allylic oxidation sites excluding steroid dienone is 1. The summed E-state index contributed by atoms with van der Waals surface area (Å²) in [7, 11) is 0. The third kappa shape index (κ3) is 2.85. The third-order valence-electron chi connectivity index (χ3n) is 2.10. The number of carboxylic acid groups (broad SMARTS) is 1. The van der Waals surface area contributed by atoms with Crippen molar-refractivity contribution >= 4 is 24.7 Å². The summed E-state index contributed by atoms with van der Waals surface area (Å²) in [5.41, 5.74) is -0.602. The van der Waals surface area contributed by atoms with Crippen molar-refractivity contribution in [2.75, 3.05) is 0 Å². The summed E-state index contributed by atoms with van der Waals surface area (Å²) in [4.78, 5) is 17.8. The molecule has 1 rings (SSSR count). The average Bonchev–Trinajstić information content (AvgIpc) is 2.28. The molecule has 1 N–H and O–H groups in total. The van der Waals surface area contributed by atoms with Crippen LogP contribution in [-0.2, 0) is 0 Å². The van der Waals surface area contributed by atoms with Crippen molar-refractivity contribution in [3.63, 3.8) is 0 Å². The Hall–Kier alpha value is -2.37. The molecule has 1 aromatic carbocycles. The Bertz CT molecular complexity index is 528. The summed E-state index contributed by atoms with van der Waals surface area (Å²) in [6, 6.07) is 1.81. The minimum atomic E-state index is -1.66. The van der Waals surface area contributed by atoms with E-state index >= 15 is 0 Å². The zero-order valence-corrected chi connectivity index (χ0v) is 9.52. The number of nitrogens with zero attached hydrogens (tertiary/aromatic N) is 2. The number of carboxylic acids is 1. The standard InChI is InChI=1S/C12H10F2N2O2/c1-3-10(16-6-15-2)7-4-8(13)11(12(17)18)9(14)5-7/h3-6H,2H2,1H3,(H,17,18)/b10-3-,16-6?. The lowest BCUT2D eigenvalue weighted by Crippen LogP contribution is -2.05. The highest BCUT2D eigenvalue weighted by Crippen LogP contribution is 2.22. The predicted molar refractivity (Wildman–Crippen MR) is 65.0 cm³/mol. The number of halogens is 2. The van der Waals surface area contributed by atoms with Gasteiger partial charge in [0.15, 0.2) is 0 Å². The number of hydrogen-bond acceptors (Lipinski definition) is 2. The molecule has 6 heteroatoms.